The molecule has 29 heavy (non-hydrogen) atoms. The van der Waals surface area contributed by atoms with Gasteiger partial charge < -0.3 is 14.5 Å². The first-order chi connectivity index (χ1) is 13.9. The number of benzene rings is 1. The van der Waals surface area contributed by atoms with E-state index in [1.807, 2.05) is 6.07 Å². The molecule has 9 heteroatoms. The van der Waals surface area contributed by atoms with E-state index in [9.17, 15) is 9.59 Å². The summed E-state index contributed by atoms with van der Waals surface area (Å²) in [6, 6.07) is 8.50. The van der Waals surface area contributed by atoms with E-state index in [0.29, 0.717) is 39.5 Å². The van der Waals surface area contributed by atoms with Crippen molar-refractivity contribution in [2.24, 2.45) is 0 Å². The van der Waals surface area contributed by atoms with Crippen molar-refractivity contribution in [1.29, 1.82) is 0 Å². The molecule has 0 saturated heterocycles. The van der Waals surface area contributed by atoms with Crippen molar-refractivity contribution in [3.8, 4) is 0 Å². The van der Waals surface area contributed by atoms with Crippen molar-refractivity contribution < 1.29 is 18.7 Å². The molecule has 3 aromatic rings. The monoisotopic (exact) mass is 433 g/mol. The molecule has 0 spiro atoms. The summed E-state index contributed by atoms with van der Waals surface area (Å²) >= 11 is 12.3. The van der Waals surface area contributed by atoms with Gasteiger partial charge in [0.1, 0.15) is 22.9 Å². The Morgan fingerprint density at radius 2 is 2.10 bits per heavy atom. The number of carbonyl (C=O) groups excluding carboxylic acids is 2. The zero-order valence-electron chi connectivity index (χ0n) is 15.6. The van der Waals surface area contributed by atoms with Crippen molar-refractivity contribution >= 4 is 47.0 Å². The molecule has 0 aliphatic carbocycles. The number of nitrogens with one attached hydrogen (secondary N) is 1. The third-order valence-corrected chi connectivity index (χ3v) is 4.92. The van der Waals surface area contributed by atoms with E-state index >= 15 is 0 Å². The van der Waals surface area contributed by atoms with E-state index in [-0.39, 0.29) is 0 Å². The van der Waals surface area contributed by atoms with E-state index in [4.69, 9.17) is 27.6 Å². The molecule has 0 aliphatic rings. The standard InChI is InChI=1S/C20H17Cl2N3O4/c1-12-15(20(27)28-2)10-14(29-12)6-7-18(26)24-17-8-9-23-25(17)11-13-4-3-5-16(21)19(13)22/h3-10H,11H2,1-2H3,(H,24,26)/b7-6+. The maximum atomic E-state index is 12.3. The number of hydrogen-bond donors (Lipinski definition) is 1. The summed E-state index contributed by atoms with van der Waals surface area (Å²) in [5, 5.41) is 7.83. The molecule has 0 unspecified atom stereocenters. The second kappa shape index (κ2) is 8.98. The Morgan fingerprint density at radius 1 is 1.31 bits per heavy atom. The van der Waals surface area contributed by atoms with Gasteiger partial charge in [-0.05, 0) is 30.7 Å². The van der Waals surface area contributed by atoms with Gasteiger partial charge >= 0.3 is 5.97 Å². The summed E-state index contributed by atoms with van der Waals surface area (Å²) in [4.78, 5) is 23.9. The fourth-order valence-corrected chi connectivity index (χ4v) is 3.00. The Kier molecular flexibility index (Phi) is 6.41. The number of anilines is 1. The van der Waals surface area contributed by atoms with Crippen molar-refractivity contribution in [1.82, 2.24) is 9.78 Å². The molecule has 1 aromatic carbocycles. The topological polar surface area (TPSA) is 86.4 Å². The minimum atomic E-state index is -0.501. The number of hydrogen-bond acceptors (Lipinski definition) is 5. The molecule has 0 bridgehead atoms. The molecular formula is C20H17Cl2N3O4. The van der Waals surface area contributed by atoms with E-state index in [2.05, 4.69) is 15.2 Å². The van der Waals surface area contributed by atoms with Gasteiger partial charge in [0.25, 0.3) is 0 Å². The first-order valence-electron chi connectivity index (χ1n) is 8.51. The van der Waals surface area contributed by atoms with E-state index in [1.165, 1.54) is 25.3 Å². The molecule has 7 nitrogen and oxygen atoms in total. The molecule has 150 valence electrons. The van der Waals surface area contributed by atoms with Crippen molar-refractivity contribution in [3.05, 3.63) is 75.3 Å². The molecule has 0 fully saturated rings. The molecular weight excluding hydrogens is 417 g/mol. The second-order valence-corrected chi connectivity index (χ2v) is 6.80. The largest absolute Gasteiger partial charge is 0.465 e. The number of aromatic nitrogens is 2. The van der Waals surface area contributed by atoms with Crippen molar-refractivity contribution in [2.75, 3.05) is 12.4 Å². The molecule has 2 heterocycles. The van der Waals surface area contributed by atoms with Crippen LogP contribution in [-0.2, 0) is 16.1 Å². The fraction of sp³-hybridized carbons (Fsp3) is 0.150. The van der Waals surface area contributed by atoms with Gasteiger partial charge in [-0.25, -0.2) is 9.48 Å². The maximum Gasteiger partial charge on any atom is 0.341 e. The fourth-order valence-electron chi connectivity index (χ4n) is 2.62. The SMILES string of the molecule is COC(=O)c1cc(/C=C/C(=O)Nc2ccnn2Cc2cccc(Cl)c2Cl)oc1C. The van der Waals surface area contributed by atoms with E-state index < -0.39 is 11.9 Å². The number of rotatable bonds is 6. The first kappa shape index (κ1) is 20.7. The van der Waals surface area contributed by atoms with Crippen molar-refractivity contribution in [2.45, 2.75) is 13.5 Å². The number of amides is 1. The molecule has 0 aliphatic heterocycles. The molecule has 2 aromatic heterocycles. The smallest absolute Gasteiger partial charge is 0.341 e. The summed E-state index contributed by atoms with van der Waals surface area (Å²) in [6.07, 6.45) is 4.32. The lowest BCUT2D eigenvalue weighted by Gasteiger charge is -2.10. The normalized spacial score (nSPS) is 11.0. The molecule has 0 atom stereocenters. The lowest BCUT2D eigenvalue weighted by molar-refractivity contribution is -0.111. The summed E-state index contributed by atoms with van der Waals surface area (Å²) in [5.41, 5.74) is 1.08. The Bertz CT molecular complexity index is 1090. The molecule has 0 radical (unpaired) electrons. The van der Waals surface area contributed by atoms with Gasteiger partial charge in [-0.2, -0.15) is 5.10 Å². The van der Waals surface area contributed by atoms with Gasteiger partial charge in [-0.3, -0.25) is 4.79 Å². The average Bonchev–Trinajstić information content (AvgIpc) is 3.29. The van der Waals surface area contributed by atoms with E-state index in [1.54, 1.807) is 36.0 Å². The quantitative estimate of drug-likeness (QED) is 0.454. The van der Waals surface area contributed by atoms with Crippen LogP contribution in [0.15, 0.2) is 47.0 Å². The van der Waals surface area contributed by atoms with Crippen LogP contribution in [0.5, 0.6) is 0 Å². The highest BCUT2D eigenvalue weighted by molar-refractivity contribution is 6.42. The van der Waals surface area contributed by atoms with Gasteiger partial charge in [-0.15, -0.1) is 0 Å². The number of carbonyl (C=O) groups is 2. The zero-order valence-corrected chi connectivity index (χ0v) is 17.1. The molecule has 3 rings (SSSR count). The highest BCUT2D eigenvalue weighted by Gasteiger charge is 2.14. The molecule has 1 amide bonds. The third kappa shape index (κ3) is 4.88. The lowest BCUT2D eigenvalue weighted by atomic mass is 10.2. The number of esters is 1. The number of nitrogens with zero attached hydrogens (tertiary/aromatic N) is 2. The predicted molar refractivity (Wildman–Crippen MR) is 110 cm³/mol. The molecule has 0 saturated carbocycles. The number of methoxy groups -OCH3 is 1. The zero-order chi connectivity index (χ0) is 21.0. The summed E-state index contributed by atoms with van der Waals surface area (Å²) in [7, 11) is 1.29. The highest BCUT2D eigenvalue weighted by Crippen LogP contribution is 2.26. The maximum absolute atomic E-state index is 12.3. The summed E-state index contributed by atoms with van der Waals surface area (Å²) in [5.74, 6) is 0.365. The van der Waals surface area contributed by atoms with Crippen LogP contribution in [0, 0.1) is 6.92 Å². The van der Waals surface area contributed by atoms with E-state index in [0.717, 1.165) is 5.56 Å². The van der Waals surface area contributed by atoms with Crippen LogP contribution in [0.2, 0.25) is 10.0 Å². The Morgan fingerprint density at radius 3 is 2.86 bits per heavy atom. The van der Waals surface area contributed by atoms with Crippen LogP contribution in [-0.4, -0.2) is 28.8 Å². The van der Waals surface area contributed by atoms with Gasteiger partial charge in [0.05, 0.1) is 29.9 Å². The van der Waals surface area contributed by atoms with Crippen LogP contribution in [0.1, 0.15) is 27.4 Å². The first-order valence-corrected chi connectivity index (χ1v) is 9.27. The minimum Gasteiger partial charge on any atom is -0.465 e. The summed E-state index contributed by atoms with van der Waals surface area (Å²) in [6.45, 7) is 1.98. The van der Waals surface area contributed by atoms with Gasteiger partial charge in [0, 0.05) is 12.1 Å². The summed E-state index contributed by atoms with van der Waals surface area (Å²) < 4.78 is 11.7. The Balaban J connectivity index is 1.69. The minimum absolute atomic E-state index is 0.309. The van der Waals surface area contributed by atoms with Gasteiger partial charge in [0.15, 0.2) is 0 Å². The Hall–Kier alpha value is -3.03. The number of furan rings is 1. The van der Waals surface area contributed by atoms with Crippen molar-refractivity contribution in [3.63, 3.8) is 0 Å². The second-order valence-electron chi connectivity index (χ2n) is 6.02. The molecule has 1 N–H and O–H groups in total. The lowest BCUT2D eigenvalue weighted by Crippen LogP contribution is -2.14. The van der Waals surface area contributed by atoms with Gasteiger partial charge in [-0.1, -0.05) is 35.3 Å². The number of ether oxygens (including phenoxy) is 1. The Labute approximate surface area is 176 Å². The highest BCUT2D eigenvalue weighted by atomic mass is 35.5. The number of halogens is 2. The average molecular weight is 434 g/mol. The van der Waals surface area contributed by atoms with Crippen LogP contribution in [0.4, 0.5) is 5.82 Å². The predicted octanol–water partition coefficient (Wildman–Crippen LogP) is 4.58. The van der Waals surface area contributed by atoms with Crippen LogP contribution < -0.4 is 5.32 Å². The van der Waals surface area contributed by atoms with Crippen LogP contribution >= 0.6 is 23.2 Å². The number of aryl methyl sites for hydroxylation is 1. The third-order valence-electron chi connectivity index (χ3n) is 4.06. The van der Waals surface area contributed by atoms with Crippen LogP contribution in [0.25, 0.3) is 6.08 Å². The van der Waals surface area contributed by atoms with Gasteiger partial charge in [0.2, 0.25) is 5.91 Å². The van der Waals surface area contributed by atoms with Crippen LogP contribution in [0.3, 0.4) is 0 Å².